The number of ketones is 1. The number of nitrogens with zero attached hydrogens (tertiary/aromatic N) is 1. The fourth-order valence-electron chi connectivity index (χ4n) is 1.58. The molecule has 0 spiro atoms. The molecule has 0 radical (unpaired) electrons. The maximum absolute atomic E-state index is 13.8. The summed E-state index contributed by atoms with van der Waals surface area (Å²) in [5.74, 6) is -0.938. The molecule has 0 aliphatic carbocycles. The fourth-order valence-corrected chi connectivity index (χ4v) is 1.74. The van der Waals surface area contributed by atoms with Crippen LogP contribution in [-0.2, 0) is 0 Å². The largest absolute Gasteiger partial charge is 0.497 e. The van der Waals surface area contributed by atoms with Gasteiger partial charge in [0.15, 0.2) is 5.78 Å². The highest BCUT2D eigenvalue weighted by atomic mass is 35.5. The molecule has 0 saturated heterocycles. The van der Waals surface area contributed by atoms with E-state index in [4.69, 9.17) is 22.1 Å². The molecule has 0 amide bonds. The van der Waals surface area contributed by atoms with Gasteiger partial charge in [-0.25, -0.2) is 9.37 Å². The third-order valence-corrected chi connectivity index (χ3v) is 2.76. The number of halogens is 2. The fraction of sp³-hybridized carbons (Fsp3) is 0.0769. The summed E-state index contributed by atoms with van der Waals surface area (Å²) < 4.78 is 18.7. The number of rotatable bonds is 3. The van der Waals surface area contributed by atoms with Crippen molar-refractivity contribution in [2.24, 2.45) is 0 Å². The second-order valence-electron chi connectivity index (χ2n) is 3.76. The van der Waals surface area contributed by atoms with Crippen molar-refractivity contribution in [3.8, 4) is 5.75 Å². The molecule has 0 atom stereocenters. The van der Waals surface area contributed by atoms with Gasteiger partial charge in [-0.15, -0.1) is 0 Å². The molecule has 4 nitrogen and oxygen atoms in total. The van der Waals surface area contributed by atoms with E-state index in [1.165, 1.54) is 31.5 Å². The van der Waals surface area contributed by atoms with Crippen LogP contribution >= 0.6 is 11.6 Å². The number of ether oxygens (including phenoxy) is 1. The third kappa shape index (κ3) is 2.66. The molecule has 0 fully saturated rings. The van der Waals surface area contributed by atoms with E-state index in [0.717, 1.165) is 6.07 Å². The highest BCUT2D eigenvalue weighted by molar-refractivity contribution is 6.31. The zero-order chi connectivity index (χ0) is 14.0. The molecule has 0 unspecified atom stereocenters. The molecule has 19 heavy (non-hydrogen) atoms. The van der Waals surface area contributed by atoms with E-state index in [1.54, 1.807) is 0 Å². The maximum Gasteiger partial charge on any atom is 0.199 e. The van der Waals surface area contributed by atoms with Crippen LogP contribution in [0.1, 0.15) is 15.9 Å². The number of methoxy groups -OCH3 is 1. The predicted molar refractivity (Wildman–Crippen MR) is 70.0 cm³/mol. The van der Waals surface area contributed by atoms with Crippen molar-refractivity contribution in [2.45, 2.75) is 0 Å². The van der Waals surface area contributed by atoms with Gasteiger partial charge in [0.2, 0.25) is 0 Å². The first-order valence-electron chi connectivity index (χ1n) is 5.32. The van der Waals surface area contributed by atoms with Crippen molar-refractivity contribution in [1.82, 2.24) is 4.98 Å². The van der Waals surface area contributed by atoms with Crippen molar-refractivity contribution >= 4 is 23.2 Å². The average molecular weight is 281 g/mol. The van der Waals surface area contributed by atoms with E-state index in [0.29, 0.717) is 5.75 Å². The lowest BCUT2D eigenvalue weighted by Crippen LogP contribution is -2.09. The van der Waals surface area contributed by atoms with E-state index in [2.05, 4.69) is 4.98 Å². The van der Waals surface area contributed by atoms with Gasteiger partial charge < -0.3 is 10.5 Å². The van der Waals surface area contributed by atoms with Gasteiger partial charge in [-0.3, -0.25) is 4.79 Å². The second-order valence-corrected chi connectivity index (χ2v) is 4.20. The predicted octanol–water partition coefficient (Wildman–Crippen LogP) is 2.70. The number of hydrogen-bond acceptors (Lipinski definition) is 4. The molecule has 0 aliphatic rings. The molecule has 2 N–H and O–H groups in total. The molecule has 98 valence electrons. The molecular formula is C13H10ClFN2O2. The molecule has 2 aromatic rings. The number of aromatic nitrogens is 1. The number of benzene rings is 1. The van der Waals surface area contributed by atoms with Gasteiger partial charge in [0.25, 0.3) is 0 Å². The molecular weight excluding hydrogens is 271 g/mol. The van der Waals surface area contributed by atoms with Crippen molar-refractivity contribution in [2.75, 3.05) is 12.8 Å². The molecule has 0 aliphatic heterocycles. The third-order valence-electron chi connectivity index (χ3n) is 2.55. The maximum atomic E-state index is 13.8. The van der Waals surface area contributed by atoms with Crippen molar-refractivity contribution in [3.05, 3.63) is 52.4 Å². The summed E-state index contributed by atoms with van der Waals surface area (Å²) in [6.07, 6.45) is 1.32. The van der Waals surface area contributed by atoms with Crippen molar-refractivity contribution < 1.29 is 13.9 Å². The molecule has 1 aromatic carbocycles. The van der Waals surface area contributed by atoms with Gasteiger partial charge in [0.05, 0.1) is 23.3 Å². The van der Waals surface area contributed by atoms with Crippen molar-refractivity contribution in [1.29, 1.82) is 0 Å². The Kier molecular flexibility index (Phi) is 3.66. The summed E-state index contributed by atoms with van der Waals surface area (Å²) >= 11 is 5.75. The molecule has 0 saturated carbocycles. The minimum atomic E-state index is -0.691. The van der Waals surface area contributed by atoms with E-state index >= 15 is 0 Å². The summed E-state index contributed by atoms with van der Waals surface area (Å²) in [4.78, 5) is 15.9. The van der Waals surface area contributed by atoms with E-state index in [1.807, 2.05) is 0 Å². The molecule has 0 bridgehead atoms. The van der Waals surface area contributed by atoms with Gasteiger partial charge in [-0.1, -0.05) is 11.6 Å². The second kappa shape index (κ2) is 5.24. The number of nitrogen functional groups attached to an aromatic ring is 1. The van der Waals surface area contributed by atoms with Gasteiger partial charge in [-0.05, 0) is 18.2 Å². The number of pyridine rings is 1. The molecule has 1 aromatic heterocycles. The van der Waals surface area contributed by atoms with Crippen LogP contribution in [0.3, 0.4) is 0 Å². The van der Waals surface area contributed by atoms with Gasteiger partial charge in [0.1, 0.15) is 17.4 Å². The van der Waals surface area contributed by atoms with Gasteiger partial charge in [-0.2, -0.15) is 0 Å². The van der Waals surface area contributed by atoms with E-state index in [9.17, 15) is 9.18 Å². The first-order chi connectivity index (χ1) is 9.02. The Hall–Kier alpha value is -2.14. The Morgan fingerprint density at radius 1 is 1.37 bits per heavy atom. The number of carbonyl (C=O) groups excluding carboxylic acids is 1. The van der Waals surface area contributed by atoms with Crippen LogP contribution in [0.15, 0.2) is 30.5 Å². The summed E-state index contributed by atoms with van der Waals surface area (Å²) in [5, 5.41) is 0.256. The summed E-state index contributed by atoms with van der Waals surface area (Å²) in [6, 6.07) is 5.30. The lowest BCUT2D eigenvalue weighted by molar-refractivity contribution is 0.103. The van der Waals surface area contributed by atoms with Crippen LogP contribution in [0, 0.1) is 5.82 Å². The summed E-state index contributed by atoms with van der Waals surface area (Å²) in [5.41, 5.74) is 5.55. The first kappa shape index (κ1) is 13.3. The Bertz CT molecular complexity index is 647. The first-order valence-corrected chi connectivity index (χ1v) is 5.70. The summed E-state index contributed by atoms with van der Waals surface area (Å²) in [7, 11) is 1.41. The Balaban J connectivity index is 2.47. The molecule has 6 heteroatoms. The molecule has 2 rings (SSSR count). The average Bonchev–Trinajstić information content (AvgIpc) is 2.40. The number of nitrogens with two attached hydrogens (primary N) is 1. The van der Waals surface area contributed by atoms with Crippen LogP contribution in [0.4, 0.5) is 10.2 Å². The standard InChI is InChI=1S/C13H10ClFN2O2/c1-19-8-2-3-9(11(15)5-8)12(18)10-4-7(14)6-17-13(10)16/h2-6H,1H3,(H2,16,17). The van der Waals surface area contributed by atoms with Crippen LogP contribution < -0.4 is 10.5 Å². The normalized spacial score (nSPS) is 10.3. The number of hydrogen-bond donors (Lipinski definition) is 1. The Morgan fingerprint density at radius 3 is 2.74 bits per heavy atom. The lowest BCUT2D eigenvalue weighted by Gasteiger charge is -2.07. The minimum Gasteiger partial charge on any atom is -0.497 e. The van der Waals surface area contributed by atoms with Crippen LogP contribution in [0.25, 0.3) is 0 Å². The quantitative estimate of drug-likeness (QED) is 0.878. The zero-order valence-corrected chi connectivity index (χ0v) is 10.7. The SMILES string of the molecule is COc1ccc(C(=O)c2cc(Cl)cnc2N)c(F)c1. The topological polar surface area (TPSA) is 65.2 Å². The van der Waals surface area contributed by atoms with Crippen LogP contribution in [-0.4, -0.2) is 17.9 Å². The number of anilines is 1. The van der Waals surface area contributed by atoms with Crippen molar-refractivity contribution in [3.63, 3.8) is 0 Å². The minimum absolute atomic E-state index is 0.00428. The lowest BCUT2D eigenvalue weighted by atomic mass is 10.0. The Labute approximate surface area is 114 Å². The zero-order valence-electron chi connectivity index (χ0n) is 9.98. The van der Waals surface area contributed by atoms with Gasteiger partial charge in [0, 0.05) is 12.3 Å². The summed E-state index contributed by atoms with van der Waals surface area (Å²) in [6.45, 7) is 0. The van der Waals surface area contributed by atoms with E-state index in [-0.39, 0.29) is 22.0 Å². The van der Waals surface area contributed by atoms with Gasteiger partial charge >= 0.3 is 0 Å². The molecule has 1 heterocycles. The highest BCUT2D eigenvalue weighted by Gasteiger charge is 2.18. The highest BCUT2D eigenvalue weighted by Crippen LogP contribution is 2.22. The van der Waals surface area contributed by atoms with Crippen LogP contribution in [0.5, 0.6) is 5.75 Å². The number of carbonyl (C=O) groups is 1. The van der Waals surface area contributed by atoms with E-state index < -0.39 is 11.6 Å². The smallest absolute Gasteiger partial charge is 0.199 e. The Morgan fingerprint density at radius 2 is 2.11 bits per heavy atom. The van der Waals surface area contributed by atoms with Crippen LogP contribution in [0.2, 0.25) is 5.02 Å². The monoisotopic (exact) mass is 280 g/mol.